The monoisotopic (exact) mass is 458 g/mol. The van der Waals surface area contributed by atoms with Crippen LogP contribution < -0.4 is 0 Å². The van der Waals surface area contributed by atoms with Gasteiger partial charge in [0, 0.05) is 25.8 Å². The highest BCUT2D eigenvalue weighted by molar-refractivity contribution is 7.99. The lowest BCUT2D eigenvalue weighted by molar-refractivity contribution is -0.144. The molecule has 4 rings (SSSR count). The van der Waals surface area contributed by atoms with E-state index in [1.807, 2.05) is 53.4 Å². The average Bonchev–Trinajstić information content (AvgIpc) is 3.29. The zero-order valence-electron chi connectivity index (χ0n) is 19.2. The van der Waals surface area contributed by atoms with Gasteiger partial charge in [-0.25, -0.2) is 0 Å². The van der Waals surface area contributed by atoms with Crippen LogP contribution in [0.1, 0.15) is 34.6 Å². The summed E-state index contributed by atoms with van der Waals surface area (Å²) in [5.41, 5.74) is 4.54. The largest absolute Gasteiger partial charge is 0.336 e. The van der Waals surface area contributed by atoms with Crippen LogP contribution in [-0.2, 0) is 22.6 Å². The van der Waals surface area contributed by atoms with Crippen molar-refractivity contribution < 1.29 is 9.59 Å². The number of carbonyl (C=O) groups excluding carboxylic acids is 2. The molecule has 2 amide bonds. The number of thioether (sulfide) groups is 1. The van der Waals surface area contributed by atoms with E-state index in [0.29, 0.717) is 18.8 Å². The summed E-state index contributed by atoms with van der Waals surface area (Å²) in [4.78, 5) is 30.2. The maximum atomic E-state index is 13.8. The van der Waals surface area contributed by atoms with Crippen molar-refractivity contribution in [3.8, 4) is 0 Å². The van der Waals surface area contributed by atoms with Gasteiger partial charge in [-0.3, -0.25) is 9.59 Å². The van der Waals surface area contributed by atoms with Gasteiger partial charge in [0.25, 0.3) is 0 Å². The summed E-state index contributed by atoms with van der Waals surface area (Å²) in [6, 6.07) is 28.1. The molecule has 0 aliphatic carbocycles. The summed E-state index contributed by atoms with van der Waals surface area (Å²) in [5, 5.41) is -0.134. The molecule has 3 aromatic carbocycles. The standard InChI is InChI=1S/C28H30N2O2S/c1-21-13-15-25(16-14-21)28-30(22(2)31)26(20-33-28)27(32)29(19-24-11-7-4-8-12-24)18-17-23-9-5-3-6-10-23/h3-16,26,28H,17-20H2,1-2H3. The molecule has 1 aliphatic heterocycles. The molecule has 0 saturated carbocycles. The molecule has 0 N–H and O–H groups in total. The third-order valence-corrected chi connectivity index (χ3v) is 7.38. The first-order valence-corrected chi connectivity index (χ1v) is 12.4. The minimum atomic E-state index is -0.460. The van der Waals surface area contributed by atoms with Crippen LogP contribution in [0.4, 0.5) is 0 Å². The molecule has 0 bridgehead atoms. The van der Waals surface area contributed by atoms with E-state index in [-0.39, 0.29) is 17.2 Å². The fourth-order valence-electron chi connectivity index (χ4n) is 4.26. The van der Waals surface area contributed by atoms with Gasteiger partial charge >= 0.3 is 0 Å². The van der Waals surface area contributed by atoms with Crippen LogP contribution in [0.2, 0.25) is 0 Å². The van der Waals surface area contributed by atoms with Gasteiger partial charge in [-0.05, 0) is 30.0 Å². The molecule has 1 aliphatic rings. The van der Waals surface area contributed by atoms with Gasteiger partial charge < -0.3 is 9.80 Å². The normalized spacial score (nSPS) is 17.7. The van der Waals surface area contributed by atoms with Gasteiger partial charge in [-0.1, -0.05) is 90.5 Å². The van der Waals surface area contributed by atoms with E-state index in [1.54, 1.807) is 23.6 Å². The second-order valence-corrected chi connectivity index (χ2v) is 9.63. The number of aryl methyl sites for hydroxylation is 1. The third-order valence-electron chi connectivity index (χ3n) is 6.05. The van der Waals surface area contributed by atoms with E-state index in [0.717, 1.165) is 17.5 Å². The Morgan fingerprint density at radius 3 is 2.12 bits per heavy atom. The van der Waals surface area contributed by atoms with Gasteiger partial charge in [0.2, 0.25) is 11.8 Å². The minimum absolute atomic E-state index is 0.0205. The molecule has 0 radical (unpaired) electrons. The molecular weight excluding hydrogens is 428 g/mol. The molecule has 2 unspecified atom stereocenters. The van der Waals surface area contributed by atoms with Crippen molar-refractivity contribution in [1.82, 2.24) is 9.80 Å². The van der Waals surface area contributed by atoms with E-state index < -0.39 is 6.04 Å². The lowest BCUT2D eigenvalue weighted by atomic mass is 10.1. The number of hydrogen-bond donors (Lipinski definition) is 0. The molecule has 0 aromatic heterocycles. The topological polar surface area (TPSA) is 40.6 Å². The predicted octanol–water partition coefficient (Wildman–Crippen LogP) is 5.23. The Bertz CT molecular complexity index is 1070. The van der Waals surface area contributed by atoms with Gasteiger partial charge in [-0.15, -0.1) is 11.8 Å². The SMILES string of the molecule is CC(=O)N1C(C(=O)N(CCc2ccccc2)Cc2ccccc2)CSC1c1ccc(C)cc1. The van der Waals surface area contributed by atoms with Crippen molar-refractivity contribution in [2.45, 2.75) is 38.2 Å². The van der Waals surface area contributed by atoms with Crippen LogP contribution in [-0.4, -0.2) is 40.0 Å². The number of nitrogens with zero attached hydrogens (tertiary/aromatic N) is 2. The van der Waals surface area contributed by atoms with Crippen LogP contribution in [0, 0.1) is 6.92 Å². The third kappa shape index (κ3) is 5.66. The molecule has 170 valence electrons. The Balaban J connectivity index is 1.56. The van der Waals surface area contributed by atoms with Gasteiger partial charge in [0.1, 0.15) is 11.4 Å². The summed E-state index contributed by atoms with van der Waals surface area (Å²) >= 11 is 1.67. The lowest BCUT2D eigenvalue weighted by Crippen LogP contribution is -2.49. The zero-order valence-corrected chi connectivity index (χ0v) is 20.0. The summed E-state index contributed by atoms with van der Waals surface area (Å²) in [7, 11) is 0. The number of carbonyl (C=O) groups is 2. The molecule has 4 nitrogen and oxygen atoms in total. The summed E-state index contributed by atoms with van der Waals surface area (Å²) in [6.45, 7) is 4.77. The highest BCUT2D eigenvalue weighted by Gasteiger charge is 2.42. The quantitative estimate of drug-likeness (QED) is 0.487. The number of hydrogen-bond acceptors (Lipinski definition) is 3. The van der Waals surface area contributed by atoms with Crippen molar-refractivity contribution in [2.75, 3.05) is 12.3 Å². The van der Waals surface area contributed by atoms with Crippen molar-refractivity contribution in [1.29, 1.82) is 0 Å². The maximum Gasteiger partial charge on any atom is 0.246 e. The van der Waals surface area contributed by atoms with Crippen molar-refractivity contribution in [2.24, 2.45) is 0 Å². The zero-order chi connectivity index (χ0) is 23.2. The van der Waals surface area contributed by atoms with Gasteiger partial charge in [-0.2, -0.15) is 0 Å². The fraction of sp³-hybridized carbons (Fsp3) is 0.286. The first-order valence-electron chi connectivity index (χ1n) is 11.4. The molecule has 1 fully saturated rings. The highest BCUT2D eigenvalue weighted by atomic mass is 32.2. The highest BCUT2D eigenvalue weighted by Crippen LogP contribution is 2.42. The Morgan fingerprint density at radius 2 is 1.52 bits per heavy atom. The van der Waals surface area contributed by atoms with E-state index in [2.05, 4.69) is 43.3 Å². The molecule has 2 atom stereocenters. The minimum Gasteiger partial charge on any atom is -0.336 e. The maximum absolute atomic E-state index is 13.8. The average molecular weight is 459 g/mol. The van der Waals surface area contributed by atoms with Gasteiger partial charge in [0.15, 0.2) is 0 Å². The Hall–Kier alpha value is -3.05. The van der Waals surface area contributed by atoms with Crippen LogP contribution in [0.15, 0.2) is 84.9 Å². The Morgan fingerprint density at radius 1 is 0.909 bits per heavy atom. The molecule has 1 saturated heterocycles. The summed E-state index contributed by atoms with van der Waals surface area (Å²) in [6.07, 6.45) is 0.779. The van der Waals surface area contributed by atoms with E-state index in [9.17, 15) is 9.59 Å². The molecular formula is C28H30N2O2S. The first kappa shape index (κ1) is 23.1. The predicted molar refractivity (Wildman–Crippen MR) is 135 cm³/mol. The van der Waals surface area contributed by atoms with Crippen molar-refractivity contribution in [3.63, 3.8) is 0 Å². The number of amides is 2. The Kier molecular flexibility index (Phi) is 7.50. The Labute approximate surface area is 200 Å². The van der Waals surface area contributed by atoms with Gasteiger partial charge in [0.05, 0.1) is 0 Å². The molecule has 33 heavy (non-hydrogen) atoms. The molecule has 5 heteroatoms. The van der Waals surface area contributed by atoms with Crippen LogP contribution in [0.25, 0.3) is 0 Å². The molecule has 1 heterocycles. The van der Waals surface area contributed by atoms with Crippen molar-refractivity contribution >= 4 is 23.6 Å². The van der Waals surface area contributed by atoms with Crippen LogP contribution >= 0.6 is 11.8 Å². The smallest absolute Gasteiger partial charge is 0.246 e. The second-order valence-electron chi connectivity index (χ2n) is 8.52. The van der Waals surface area contributed by atoms with Crippen LogP contribution in [0.5, 0.6) is 0 Å². The summed E-state index contributed by atoms with van der Waals surface area (Å²) < 4.78 is 0. The molecule has 0 spiro atoms. The summed E-state index contributed by atoms with van der Waals surface area (Å²) in [5.74, 6) is 0.562. The van der Waals surface area contributed by atoms with E-state index in [1.165, 1.54) is 11.1 Å². The number of rotatable bonds is 7. The number of benzene rings is 3. The van der Waals surface area contributed by atoms with E-state index in [4.69, 9.17) is 0 Å². The van der Waals surface area contributed by atoms with Crippen molar-refractivity contribution in [3.05, 3.63) is 107 Å². The second kappa shape index (κ2) is 10.7. The molecule has 3 aromatic rings. The van der Waals surface area contributed by atoms with E-state index >= 15 is 0 Å². The fourth-order valence-corrected chi connectivity index (χ4v) is 5.73. The lowest BCUT2D eigenvalue weighted by Gasteiger charge is -2.32. The first-order chi connectivity index (χ1) is 16.0. The van der Waals surface area contributed by atoms with Crippen LogP contribution in [0.3, 0.4) is 0 Å².